The van der Waals surface area contributed by atoms with Crippen LogP contribution in [0.4, 0.5) is 0 Å². The smallest absolute Gasteiger partial charge is 0.295 e. The van der Waals surface area contributed by atoms with Crippen molar-refractivity contribution in [1.29, 1.82) is 0 Å². The molecule has 1 N–H and O–H groups in total. The van der Waals surface area contributed by atoms with E-state index in [0.29, 0.717) is 23.7 Å². The van der Waals surface area contributed by atoms with Crippen molar-refractivity contribution < 1.29 is 29.2 Å². The van der Waals surface area contributed by atoms with Crippen molar-refractivity contribution in [2.24, 2.45) is 0 Å². The van der Waals surface area contributed by atoms with Crippen LogP contribution in [-0.4, -0.2) is 30.3 Å². The average Bonchev–Trinajstić information content (AvgIpc) is 3.10. The van der Waals surface area contributed by atoms with Gasteiger partial charge in [-0.3, -0.25) is 9.59 Å². The van der Waals surface area contributed by atoms with Crippen LogP contribution in [-0.2, 0) is 16.1 Å². The van der Waals surface area contributed by atoms with Gasteiger partial charge in [-0.05, 0) is 48.4 Å². The minimum absolute atomic E-state index is 0.0719. The van der Waals surface area contributed by atoms with E-state index in [4.69, 9.17) is 9.47 Å². The number of hydrogen-bond acceptors (Lipinski definition) is 5. The molecule has 0 aliphatic carbocycles. The maximum Gasteiger partial charge on any atom is 0.295 e. The summed E-state index contributed by atoms with van der Waals surface area (Å²) in [6, 6.07) is 16.5. The second-order valence-electron chi connectivity index (χ2n) is 7.55. The number of aromatic amines is 1. The molecule has 0 bridgehead atoms. The quantitative estimate of drug-likeness (QED) is 0.317. The van der Waals surface area contributed by atoms with Crippen molar-refractivity contribution in [2.75, 3.05) is 13.7 Å². The highest BCUT2D eigenvalue weighted by Crippen LogP contribution is 2.40. The fourth-order valence-electron chi connectivity index (χ4n) is 3.94. The van der Waals surface area contributed by atoms with Gasteiger partial charge in [0.15, 0.2) is 12.4 Å². The highest BCUT2D eigenvalue weighted by Gasteiger charge is 2.44. The average molecular weight is 444 g/mol. The van der Waals surface area contributed by atoms with Gasteiger partial charge in [0.25, 0.3) is 5.91 Å². The zero-order valence-electron chi connectivity index (χ0n) is 18.4. The van der Waals surface area contributed by atoms with E-state index in [-0.39, 0.29) is 17.7 Å². The first-order valence-electron chi connectivity index (χ1n) is 10.6. The highest BCUT2D eigenvalue weighted by molar-refractivity contribution is 6.46. The molecule has 0 spiro atoms. The molecule has 1 atom stereocenters. The normalized spacial score (nSPS) is 17.3. The maximum absolute atomic E-state index is 13.5. The summed E-state index contributed by atoms with van der Waals surface area (Å²) in [4.78, 5) is 30.6. The van der Waals surface area contributed by atoms with Crippen LogP contribution in [0, 0.1) is 0 Å². The van der Waals surface area contributed by atoms with Crippen LogP contribution in [0.3, 0.4) is 0 Å². The van der Waals surface area contributed by atoms with Gasteiger partial charge in [0.1, 0.15) is 11.5 Å². The van der Waals surface area contributed by atoms with E-state index < -0.39 is 23.5 Å². The molecule has 1 aliphatic heterocycles. The Hall–Kier alpha value is -4.13. The van der Waals surface area contributed by atoms with Gasteiger partial charge in [-0.1, -0.05) is 30.0 Å². The molecule has 1 fully saturated rings. The van der Waals surface area contributed by atoms with Gasteiger partial charge in [0, 0.05) is 17.2 Å². The molecule has 0 saturated carbocycles. The molecule has 2 aromatic carbocycles. The second kappa shape index (κ2) is 9.56. The molecule has 1 aromatic heterocycles. The zero-order valence-corrected chi connectivity index (χ0v) is 18.4. The highest BCUT2D eigenvalue weighted by atomic mass is 16.5. The number of rotatable bonds is 7. The molecule has 1 saturated heterocycles. The summed E-state index contributed by atoms with van der Waals surface area (Å²) in [5, 5.41) is 13.5. The van der Waals surface area contributed by atoms with Crippen LogP contribution in [0.25, 0.3) is 5.76 Å². The third-order valence-corrected chi connectivity index (χ3v) is 5.49. The van der Waals surface area contributed by atoms with Crippen LogP contribution < -0.4 is 19.6 Å². The summed E-state index contributed by atoms with van der Waals surface area (Å²) in [5.74, 6) is -0.826. The maximum atomic E-state index is 13.5. The number of ether oxygens (including phenoxy) is 2. The molecule has 2 heterocycles. The predicted octanol–water partition coefficient (Wildman–Crippen LogP) is 2.33. The number of hydrogen-bond donors (Lipinski definition) is 0. The van der Waals surface area contributed by atoms with Crippen molar-refractivity contribution in [2.45, 2.75) is 19.5 Å². The molecule has 1 aliphatic rings. The fraction of sp³-hybridized carbons (Fsp3) is 0.192. The molecule has 7 nitrogen and oxygen atoms in total. The number of ketones is 1. The van der Waals surface area contributed by atoms with Crippen molar-refractivity contribution in [3.05, 3.63) is 95.3 Å². The predicted molar refractivity (Wildman–Crippen MR) is 119 cm³/mol. The topological polar surface area (TPSA) is 93.0 Å². The van der Waals surface area contributed by atoms with E-state index in [1.54, 1.807) is 60.9 Å². The zero-order chi connectivity index (χ0) is 23.4. The molecule has 7 heteroatoms. The van der Waals surface area contributed by atoms with Gasteiger partial charge in [0.2, 0.25) is 5.78 Å². The number of aromatic nitrogens is 1. The molecule has 3 aromatic rings. The van der Waals surface area contributed by atoms with Crippen LogP contribution in [0.5, 0.6) is 11.5 Å². The van der Waals surface area contributed by atoms with Crippen molar-refractivity contribution in [1.82, 2.24) is 4.90 Å². The van der Waals surface area contributed by atoms with E-state index in [0.717, 1.165) is 5.56 Å². The van der Waals surface area contributed by atoms with Gasteiger partial charge in [-0.15, -0.1) is 0 Å². The number of Topliss-reactive ketones (excluding diaryl/α,β-unsaturated/α-hetero) is 1. The molecule has 168 valence electrons. The summed E-state index contributed by atoms with van der Waals surface area (Å²) < 4.78 is 10.7. The van der Waals surface area contributed by atoms with Crippen LogP contribution in [0.15, 0.2) is 78.6 Å². The number of benzene rings is 2. The fourth-order valence-corrected chi connectivity index (χ4v) is 3.94. The number of amides is 1. The molecule has 4 rings (SSSR count). The lowest BCUT2D eigenvalue weighted by atomic mass is 9.95. The Morgan fingerprint density at radius 3 is 2.52 bits per heavy atom. The second-order valence-corrected chi connectivity index (χ2v) is 7.55. The van der Waals surface area contributed by atoms with Crippen molar-refractivity contribution in [3.63, 3.8) is 0 Å². The minimum atomic E-state index is -0.820. The first-order valence-corrected chi connectivity index (χ1v) is 10.6. The lowest BCUT2D eigenvalue weighted by molar-refractivity contribution is -0.378. The Morgan fingerprint density at radius 2 is 1.85 bits per heavy atom. The summed E-state index contributed by atoms with van der Waals surface area (Å²) in [7, 11) is 1.50. The van der Waals surface area contributed by atoms with Crippen molar-refractivity contribution >= 4 is 17.4 Å². The van der Waals surface area contributed by atoms with E-state index in [1.807, 2.05) is 19.1 Å². The van der Waals surface area contributed by atoms with E-state index in [9.17, 15) is 14.7 Å². The van der Waals surface area contributed by atoms with E-state index in [2.05, 4.69) is 4.98 Å². The minimum Gasteiger partial charge on any atom is -0.872 e. The van der Waals surface area contributed by atoms with Gasteiger partial charge < -0.3 is 19.5 Å². The summed E-state index contributed by atoms with van der Waals surface area (Å²) in [6.07, 6.45) is 3.52. The van der Waals surface area contributed by atoms with Gasteiger partial charge in [0.05, 0.1) is 26.3 Å². The third kappa shape index (κ3) is 4.43. The molecule has 1 amide bonds. The SMILES string of the molecule is CCOc1ccc(C2C(=C([O-])c3cccc(OC)c3)C(=O)C(=O)N2Cc2ccc[nH+]c2)cc1. The molecule has 33 heavy (non-hydrogen) atoms. The standard InChI is InChI=1S/C26H24N2O5/c1-3-33-20-11-9-18(10-12-20)23-22(24(29)19-7-4-8-21(14-19)32-2)25(30)26(31)28(23)16-17-6-5-13-27-15-17/h4-15,23,29H,3,16H2,1-2H3. The molecular formula is C26H24N2O5. The van der Waals surface area contributed by atoms with E-state index >= 15 is 0 Å². The monoisotopic (exact) mass is 444 g/mol. The Balaban J connectivity index is 1.84. The lowest BCUT2D eigenvalue weighted by Gasteiger charge is -2.27. The number of nitrogens with zero attached hydrogens (tertiary/aromatic N) is 1. The molecule has 1 unspecified atom stereocenters. The van der Waals surface area contributed by atoms with Crippen molar-refractivity contribution in [3.8, 4) is 11.5 Å². The Bertz CT molecular complexity index is 1190. The first-order chi connectivity index (χ1) is 16.0. The van der Waals surface area contributed by atoms with E-state index in [1.165, 1.54) is 12.0 Å². The lowest BCUT2D eigenvalue weighted by Crippen LogP contribution is -2.29. The Morgan fingerprint density at radius 1 is 1.06 bits per heavy atom. The van der Waals surface area contributed by atoms with Crippen LogP contribution in [0.2, 0.25) is 0 Å². The Labute approximate surface area is 191 Å². The first kappa shape index (κ1) is 22.1. The summed E-state index contributed by atoms with van der Waals surface area (Å²) in [5.41, 5.74) is 1.68. The summed E-state index contributed by atoms with van der Waals surface area (Å²) in [6.45, 7) is 2.58. The third-order valence-electron chi connectivity index (χ3n) is 5.49. The molecular weight excluding hydrogens is 420 g/mol. The number of likely N-dealkylation sites (tertiary alicyclic amines) is 1. The summed E-state index contributed by atoms with van der Waals surface area (Å²) >= 11 is 0. The molecule has 0 radical (unpaired) electrons. The van der Waals surface area contributed by atoms with Gasteiger partial charge >= 0.3 is 0 Å². The number of H-pyrrole nitrogens is 1. The van der Waals surface area contributed by atoms with Gasteiger partial charge in [-0.2, -0.15) is 0 Å². The van der Waals surface area contributed by atoms with Crippen LogP contribution in [0.1, 0.15) is 29.7 Å². The number of carbonyl (C=O) groups is 2. The number of methoxy groups -OCH3 is 1. The van der Waals surface area contributed by atoms with Crippen LogP contribution >= 0.6 is 0 Å². The number of nitrogens with one attached hydrogen (secondary N) is 1. The Kier molecular flexibility index (Phi) is 6.40. The largest absolute Gasteiger partial charge is 0.872 e. The number of pyridine rings is 1. The van der Waals surface area contributed by atoms with Gasteiger partial charge in [-0.25, -0.2) is 4.98 Å². The number of carbonyl (C=O) groups excluding carboxylic acids is 2.